The molecule has 1 saturated heterocycles. The molecule has 1 aromatic rings. The number of halogens is 2. The van der Waals surface area contributed by atoms with E-state index in [1.165, 1.54) is 23.4 Å². The molecule has 0 radical (unpaired) electrons. The predicted molar refractivity (Wildman–Crippen MR) is 86.0 cm³/mol. The Balaban J connectivity index is 2.46. The van der Waals surface area contributed by atoms with Crippen molar-refractivity contribution in [1.82, 2.24) is 4.31 Å². The van der Waals surface area contributed by atoms with Gasteiger partial charge in [0.25, 0.3) is 0 Å². The SMILES string of the molecule is Cc1c(F)cc(CCl)cc1S(=O)(=O)N1CC(C)SC(C)C1. The first-order chi connectivity index (χ1) is 9.75. The molecular weight excluding hydrogens is 333 g/mol. The summed E-state index contributed by atoms with van der Waals surface area (Å²) in [5, 5.41) is 0.453. The van der Waals surface area contributed by atoms with E-state index in [0.29, 0.717) is 18.7 Å². The van der Waals surface area contributed by atoms with E-state index < -0.39 is 15.8 Å². The van der Waals surface area contributed by atoms with Crippen molar-refractivity contribution in [2.75, 3.05) is 13.1 Å². The molecule has 0 N–H and O–H groups in total. The molecule has 1 aliphatic heterocycles. The summed E-state index contributed by atoms with van der Waals surface area (Å²) >= 11 is 7.50. The Hall–Kier alpha value is -0.300. The third kappa shape index (κ3) is 3.55. The number of thioether (sulfide) groups is 1. The van der Waals surface area contributed by atoms with Crippen LogP contribution in [0.25, 0.3) is 0 Å². The molecule has 118 valence electrons. The van der Waals surface area contributed by atoms with Crippen LogP contribution in [0, 0.1) is 12.7 Å². The summed E-state index contributed by atoms with van der Waals surface area (Å²) in [7, 11) is -3.69. The molecule has 1 aromatic carbocycles. The molecule has 21 heavy (non-hydrogen) atoms. The molecule has 7 heteroatoms. The van der Waals surface area contributed by atoms with Gasteiger partial charge < -0.3 is 0 Å². The molecule has 0 spiro atoms. The van der Waals surface area contributed by atoms with E-state index in [1.807, 2.05) is 13.8 Å². The van der Waals surface area contributed by atoms with Crippen LogP contribution in [-0.4, -0.2) is 36.3 Å². The van der Waals surface area contributed by atoms with E-state index >= 15 is 0 Å². The minimum absolute atomic E-state index is 0.0319. The Labute approximate surface area is 134 Å². The Morgan fingerprint density at radius 3 is 2.43 bits per heavy atom. The van der Waals surface area contributed by atoms with Gasteiger partial charge in [-0.05, 0) is 24.6 Å². The lowest BCUT2D eigenvalue weighted by Gasteiger charge is -2.34. The zero-order valence-corrected chi connectivity index (χ0v) is 14.7. The van der Waals surface area contributed by atoms with E-state index in [2.05, 4.69) is 0 Å². The Morgan fingerprint density at radius 1 is 1.33 bits per heavy atom. The molecule has 1 aliphatic rings. The number of benzene rings is 1. The van der Waals surface area contributed by atoms with Gasteiger partial charge in [0.05, 0.1) is 4.90 Å². The Bertz CT molecular complexity index is 626. The van der Waals surface area contributed by atoms with Gasteiger partial charge in [0.1, 0.15) is 5.82 Å². The lowest BCUT2D eigenvalue weighted by atomic mass is 10.1. The normalized spacial score (nSPS) is 24.2. The fourth-order valence-corrected chi connectivity index (χ4v) is 6.09. The number of rotatable bonds is 3. The molecule has 0 saturated carbocycles. The van der Waals surface area contributed by atoms with Gasteiger partial charge in [-0.15, -0.1) is 11.6 Å². The molecule has 2 rings (SSSR count). The summed E-state index contributed by atoms with van der Waals surface area (Å²) in [6, 6.07) is 2.77. The third-order valence-corrected chi connectivity index (χ3v) is 7.01. The highest BCUT2D eigenvalue weighted by Gasteiger charge is 2.33. The van der Waals surface area contributed by atoms with Gasteiger partial charge in [-0.25, -0.2) is 12.8 Å². The highest BCUT2D eigenvalue weighted by atomic mass is 35.5. The quantitative estimate of drug-likeness (QED) is 0.783. The van der Waals surface area contributed by atoms with Crippen LogP contribution >= 0.6 is 23.4 Å². The van der Waals surface area contributed by atoms with Crippen LogP contribution in [0.5, 0.6) is 0 Å². The van der Waals surface area contributed by atoms with E-state index in [0.717, 1.165) is 0 Å². The van der Waals surface area contributed by atoms with Crippen molar-refractivity contribution in [2.24, 2.45) is 0 Å². The smallest absolute Gasteiger partial charge is 0.207 e. The lowest BCUT2D eigenvalue weighted by Crippen LogP contribution is -2.44. The monoisotopic (exact) mass is 351 g/mol. The molecule has 0 amide bonds. The molecule has 2 atom stereocenters. The van der Waals surface area contributed by atoms with Crippen LogP contribution < -0.4 is 0 Å². The summed E-state index contributed by atoms with van der Waals surface area (Å²) in [5.41, 5.74) is 0.633. The van der Waals surface area contributed by atoms with Crippen molar-refractivity contribution >= 4 is 33.4 Å². The van der Waals surface area contributed by atoms with Crippen LogP contribution in [0.3, 0.4) is 0 Å². The zero-order chi connectivity index (χ0) is 15.8. The number of nitrogens with zero attached hydrogens (tertiary/aromatic N) is 1. The van der Waals surface area contributed by atoms with Crippen LogP contribution in [0.2, 0.25) is 0 Å². The molecule has 0 aliphatic carbocycles. The van der Waals surface area contributed by atoms with Crippen LogP contribution in [0.1, 0.15) is 25.0 Å². The van der Waals surface area contributed by atoms with Gasteiger partial charge in [0.2, 0.25) is 10.0 Å². The summed E-state index contributed by atoms with van der Waals surface area (Å²) < 4.78 is 41.0. The molecule has 2 unspecified atom stereocenters. The van der Waals surface area contributed by atoms with Crippen molar-refractivity contribution < 1.29 is 12.8 Å². The highest BCUT2D eigenvalue weighted by molar-refractivity contribution is 8.00. The zero-order valence-electron chi connectivity index (χ0n) is 12.3. The second-order valence-corrected chi connectivity index (χ2v) is 9.47. The summed E-state index contributed by atoms with van der Waals surface area (Å²) in [5.74, 6) is -0.443. The second-order valence-electron chi connectivity index (χ2n) is 5.41. The van der Waals surface area contributed by atoms with Gasteiger partial charge in [0.15, 0.2) is 0 Å². The molecule has 3 nitrogen and oxygen atoms in total. The predicted octanol–water partition coefficient (Wildman–Crippen LogP) is 3.39. The van der Waals surface area contributed by atoms with E-state index in [4.69, 9.17) is 11.6 Å². The lowest BCUT2D eigenvalue weighted by molar-refractivity contribution is 0.404. The first-order valence-corrected chi connectivity index (χ1v) is 9.68. The van der Waals surface area contributed by atoms with Crippen molar-refractivity contribution in [3.05, 3.63) is 29.1 Å². The van der Waals surface area contributed by atoms with E-state index in [-0.39, 0.29) is 26.8 Å². The maximum Gasteiger partial charge on any atom is 0.243 e. The largest absolute Gasteiger partial charge is 0.243 e. The van der Waals surface area contributed by atoms with Gasteiger partial charge in [-0.2, -0.15) is 16.1 Å². The van der Waals surface area contributed by atoms with Crippen molar-refractivity contribution in [2.45, 2.75) is 42.0 Å². The molecule has 0 bridgehead atoms. The van der Waals surface area contributed by atoms with Crippen molar-refractivity contribution in [3.63, 3.8) is 0 Å². The van der Waals surface area contributed by atoms with Gasteiger partial charge in [-0.1, -0.05) is 13.8 Å². The Morgan fingerprint density at radius 2 is 1.90 bits per heavy atom. The third-order valence-electron chi connectivity index (χ3n) is 3.51. The van der Waals surface area contributed by atoms with Crippen LogP contribution in [0.4, 0.5) is 4.39 Å². The molecule has 0 aromatic heterocycles. The second kappa shape index (κ2) is 6.44. The average molecular weight is 352 g/mol. The summed E-state index contributed by atoms with van der Waals surface area (Å²) in [6.07, 6.45) is 0. The van der Waals surface area contributed by atoms with Crippen molar-refractivity contribution in [1.29, 1.82) is 0 Å². The van der Waals surface area contributed by atoms with Crippen LogP contribution in [0.15, 0.2) is 17.0 Å². The minimum atomic E-state index is -3.69. The summed E-state index contributed by atoms with van der Waals surface area (Å²) in [6.45, 7) is 6.40. The number of hydrogen-bond donors (Lipinski definition) is 0. The number of hydrogen-bond acceptors (Lipinski definition) is 3. The van der Waals surface area contributed by atoms with E-state index in [9.17, 15) is 12.8 Å². The molecule has 1 heterocycles. The van der Waals surface area contributed by atoms with Gasteiger partial charge in [0, 0.05) is 35.0 Å². The fraction of sp³-hybridized carbons (Fsp3) is 0.571. The van der Waals surface area contributed by atoms with Gasteiger partial charge in [-0.3, -0.25) is 0 Å². The number of sulfonamides is 1. The standard InChI is InChI=1S/C14H19ClFNO2S2/c1-9-7-17(8-10(2)20-9)21(18,19)14-5-12(6-15)4-13(16)11(14)3/h4-5,9-10H,6-8H2,1-3H3. The maximum atomic E-state index is 13.9. The highest BCUT2D eigenvalue weighted by Crippen LogP contribution is 2.31. The van der Waals surface area contributed by atoms with Crippen molar-refractivity contribution in [3.8, 4) is 0 Å². The first kappa shape index (κ1) is 17.1. The number of alkyl halides is 1. The van der Waals surface area contributed by atoms with E-state index in [1.54, 1.807) is 11.8 Å². The molecule has 1 fully saturated rings. The average Bonchev–Trinajstić information content (AvgIpc) is 2.40. The topological polar surface area (TPSA) is 37.4 Å². The summed E-state index contributed by atoms with van der Waals surface area (Å²) in [4.78, 5) is 0.0319. The fourth-order valence-electron chi connectivity index (χ4n) is 2.52. The van der Waals surface area contributed by atoms with Crippen LogP contribution in [-0.2, 0) is 15.9 Å². The maximum absolute atomic E-state index is 13.9. The first-order valence-electron chi connectivity index (χ1n) is 6.76. The van der Waals surface area contributed by atoms with Gasteiger partial charge >= 0.3 is 0 Å². The molecular formula is C14H19ClFNO2S2. The minimum Gasteiger partial charge on any atom is -0.207 e. The Kier molecular flexibility index (Phi) is 5.23.